The lowest BCUT2D eigenvalue weighted by molar-refractivity contribution is 0.157. The van der Waals surface area contributed by atoms with Gasteiger partial charge in [0.25, 0.3) is 0 Å². The highest BCUT2D eigenvalue weighted by atomic mass is 35.5. The van der Waals surface area contributed by atoms with E-state index >= 15 is 0 Å². The molecule has 0 atom stereocenters. The van der Waals surface area contributed by atoms with E-state index < -0.39 is 11.7 Å². The van der Waals surface area contributed by atoms with Crippen molar-refractivity contribution in [1.82, 2.24) is 24.7 Å². The largest absolute Gasteiger partial charge is 0.377 e. The molecule has 0 unspecified atom stereocenters. The summed E-state index contributed by atoms with van der Waals surface area (Å²) in [6.07, 6.45) is 9.36. The predicted octanol–water partition coefficient (Wildman–Crippen LogP) is 4.48. The molecule has 0 bridgehead atoms. The van der Waals surface area contributed by atoms with E-state index in [-0.39, 0.29) is 6.04 Å². The quantitative estimate of drug-likeness (QED) is 0.542. The lowest BCUT2D eigenvalue weighted by Gasteiger charge is -2.32. The van der Waals surface area contributed by atoms with Crippen LogP contribution in [0.15, 0.2) is 22.0 Å². The SMILES string of the molecule is C/C=C\C(=C(\Cl)CC)n1nnn(C(=O)N(CC)C2CCCCC2)c1=O.CC. The van der Waals surface area contributed by atoms with Gasteiger partial charge in [-0.1, -0.05) is 57.7 Å². The van der Waals surface area contributed by atoms with Crippen LogP contribution in [0.1, 0.15) is 73.1 Å². The van der Waals surface area contributed by atoms with Gasteiger partial charge in [-0.3, -0.25) is 0 Å². The van der Waals surface area contributed by atoms with Gasteiger partial charge in [-0.05, 0) is 49.6 Å². The highest BCUT2D eigenvalue weighted by molar-refractivity contribution is 6.32. The van der Waals surface area contributed by atoms with Gasteiger partial charge in [-0.25, -0.2) is 9.59 Å². The molecule has 0 radical (unpaired) electrons. The fourth-order valence-electron chi connectivity index (χ4n) is 3.20. The fraction of sp³-hybridized carbons (Fsp3) is 0.684. The van der Waals surface area contributed by atoms with E-state index in [4.69, 9.17) is 11.6 Å². The summed E-state index contributed by atoms with van der Waals surface area (Å²) >= 11 is 6.21. The Labute approximate surface area is 166 Å². The zero-order valence-electron chi connectivity index (χ0n) is 17.1. The van der Waals surface area contributed by atoms with Crippen LogP contribution in [0.5, 0.6) is 0 Å². The molecule has 1 aliphatic carbocycles. The molecule has 0 saturated heterocycles. The van der Waals surface area contributed by atoms with Gasteiger partial charge in [0.05, 0.1) is 5.70 Å². The first-order valence-corrected chi connectivity index (χ1v) is 10.3. The number of halogens is 1. The number of nitrogens with zero attached hydrogens (tertiary/aromatic N) is 5. The Balaban J connectivity index is 0.00000176. The lowest BCUT2D eigenvalue weighted by atomic mass is 9.94. The zero-order valence-corrected chi connectivity index (χ0v) is 17.9. The maximum Gasteiger partial charge on any atom is 0.377 e. The second-order valence-electron chi connectivity index (χ2n) is 6.09. The summed E-state index contributed by atoms with van der Waals surface area (Å²) in [5.41, 5.74) is -0.157. The van der Waals surface area contributed by atoms with E-state index in [0.717, 1.165) is 35.0 Å². The minimum atomic E-state index is -0.598. The molecule has 0 spiro atoms. The number of amides is 1. The van der Waals surface area contributed by atoms with Crippen LogP contribution in [0.3, 0.4) is 0 Å². The molecule has 1 amide bonds. The van der Waals surface area contributed by atoms with Crippen molar-refractivity contribution < 1.29 is 4.79 Å². The number of carbonyl (C=O) groups is 1. The molecule has 1 fully saturated rings. The van der Waals surface area contributed by atoms with Crippen LogP contribution in [0.25, 0.3) is 5.70 Å². The standard InChI is InChI=1S/C17H26ClN5O2.C2H6/c1-4-10-15(14(18)5-2)22-17(25)23(20-19-22)16(24)21(6-3)13-11-8-7-9-12-13;1-2/h4,10,13H,5-9,11-12H2,1-3H3;1-2H3/b10-4-,15-14-;. The number of carbonyl (C=O) groups excluding carboxylic acids is 1. The van der Waals surface area contributed by atoms with Gasteiger partial charge in [-0.15, -0.1) is 4.68 Å². The van der Waals surface area contributed by atoms with E-state index in [1.807, 2.05) is 34.6 Å². The summed E-state index contributed by atoms with van der Waals surface area (Å²) in [5.74, 6) is 0. The molecule has 1 heterocycles. The molecule has 152 valence electrons. The van der Waals surface area contributed by atoms with Gasteiger partial charge in [0, 0.05) is 17.6 Å². The third-order valence-corrected chi connectivity index (χ3v) is 4.97. The van der Waals surface area contributed by atoms with Gasteiger partial charge in [-0.2, -0.15) is 4.68 Å². The lowest BCUT2D eigenvalue weighted by Crippen LogP contribution is -2.47. The molecule has 0 N–H and O–H groups in total. The van der Waals surface area contributed by atoms with Crippen LogP contribution in [0.4, 0.5) is 4.79 Å². The zero-order chi connectivity index (χ0) is 20.4. The van der Waals surface area contributed by atoms with Crippen LogP contribution in [-0.2, 0) is 0 Å². The van der Waals surface area contributed by atoms with Gasteiger partial charge in [0.2, 0.25) is 0 Å². The number of hydrogen-bond acceptors (Lipinski definition) is 4. The highest BCUT2D eigenvalue weighted by Crippen LogP contribution is 2.23. The Morgan fingerprint density at radius 3 is 2.30 bits per heavy atom. The molecule has 1 aromatic rings. The minimum absolute atomic E-state index is 0.160. The monoisotopic (exact) mass is 397 g/mol. The molecule has 7 nitrogen and oxygen atoms in total. The van der Waals surface area contributed by atoms with Crippen LogP contribution in [0.2, 0.25) is 0 Å². The average Bonchev–Trinajstić information content (AvgIpc) is 3.09. The molecular formula is C19H32ClN5O2. The number of hydrogen-bond donors (Lipinski definition) is 0. The van der Waals surface area contributed by atoms with Crippen molar-refractivity contribution in [3.8, 4) is 0 Å². The topological polar surface area (TPSA) is 73.0 Å². The number of allylic oxidation sites excluding steroid dienone is 4. The summed E-state index contributed by atoms with van der Waals surface area (Å²) in [5, 5.41) is 8.15. The summed E-state index contributed by atoms with van der Waals surface area (Å²) in [6, 6.07) is -0.258. The van der Waals surface area contributed by atoms with Crippen molar-refractivity contribution >= 4 is 23.3 Å². The first-order chi connectivity index (χ1) is 13.0. The predicted molar refractivity (Wildman–Crippen MR) is 110 cm³/mol. The Hall–Kier alpha value is -1.89. The van der Waals surface area contributed by atoms with Gasteiger partial charge < -0.3 is 4.90 Å². The Bertz CT molecular complexity index is 714. The highest BCUT2D eigenvalue weighted by Gasteiger charge is 2.28. The van der Waals surface area contributed by atoms with E-state index in [1.165, 1.54) is 6.42 Å². The van der Waals surface area contributed by atoms with Crippen LogP contribution < -0.4 is 5.69 Å². The van der Waals surface area contributed by atoms with Crippen molar-refractivity contribution in [2.75, 3.05) is 6.54 Å². The third-order valence-electron chi connectivity index (χ3n) is 4.51. The first kappa shape index (κ1) is 23.1. The van der Waals surface area contributed by atoms with Crippen molar-refractivity contribution in [3.05, 3.63) is 27.7 Å². The fourth-order valence-corrected chi connectivity index (χ4v) is 3.34. The molecule has 0 aliphatic heterocycles. The molecule has 2 rings (SSSR count). The molecule has 1 saturated carbocycles. The van der Waals surface area contributed by atoms with E-state index in [9.17, 15) is 9.59 Å². The van der Waals surface area contributed by atoms with E-state index in [0.29, 0.717) is 23.7 Å². The number of rotatable bonds is 5. The molecular weight excluding hydrogens is 366 g/mol. The minimum Gasteiger partial charge on any atom is -0.320 e. The van der Waals surface area contributed by atoms with Crippen molar-refractivity contribution in [1.29, 1.82) is 0 Å². The van der Waals surface area contributed by atoms with Crippen LogP contribution in [0, 0.1) is 0 Å². The second-order valence-corrected chi connectivity index (χ2v) is 6.55. The third kappa shape index (κ3) is 5.54. The number of aromatic nitrogens is 4. The summed E-state index contributed by atoms with van der Waals surface area (Å²) in [7, 11) is 0. The van der Waals surface area contributed by atoms with Crippen molar-refractivity contribution in [2.24, 2.45) is 0 Å². The first-order valence-electron chi connectivity index (χ1n) is 9.92. The average molecular weight is 398 g/mol. The maximum absolute atomic E-state index is 12.8. The van der Waals surface area contributed by atoms with Crippen molar-refractivity contribution in [2.45, 2.75) is 79.2 Å². The Morgan fingerprint density at radius 2 is 1.78 bits per heavy atom. The normalized spacial score (nSPS) is 15.9. The van der Waals surface area contributed by atoms with Gasteiger partial charge in [0.1, 0.15) is 0 Å². The molecule has 0 aromatic carbocycles. The molecule has 1 aromatic heterocycles. The van der Waals surface area contributed by atoms with E-state index in [1.54, 1.807) is 17.1 Å². The Morgan fingerprint density at radius 1 is 1.19 bits per heavy atom. The van der Waals surface area contributed by atoms with Gasteiger partial charge >= 0.3 is 11.7 Å². The molecule has 1 aliphatic rings. The summed E-state index contributed by atoms with van der Waals surface area (Å²) < 4.78 is 1.92. The molecule has 8 heteroatoms. The van der Waals surface area contributed by atoms with Crippen LogP contribution in [-0.4, -0.2) is 43.3 Å². The van der Waals surface area contributed by atoms with Crippen molar-refractivity contribution in [3.63, 3.8) is 0 Å². The smallest absolute Gasteiger partial charge is 0.320 e. The summed E-state index contributed by atoms with van der Waals surface area (Å²) in [6.45, 7) is 10.2. The second kappa shape index (κ2) is 11.7. The van der Waals surface area contributed by atoms with E-state index in [2.05, 4.69) is 10.4 Å². The van der Waals surface area contributed by atoms with Crippen LogP contribution >= 0.6 is 11.6 Å². The van der Waals surface area contributed by atoms with Gasteiger partial charge in [0.15, 0.2) is 0 Å². The molecule has 27 heavy (non-hydrogen) atoms. The maximum atomic E-state index is 12.8. The summed E-state index contributed by atoms with van der Waals surface area (Å²) in [4.78, 5) is 27.2. The Kier molecular flexibility index (Phi) is 10.1. The number of tetrazole rings is 1.